The smallest absolute Gasteiger partial charge is 0.223 e. The molecule has 0 spiro atoms. The topological polar surface area (TPSA) is 64.3 Å². The van der Waals surface area contributed by atoms with Gasteiger partial charge in [0.05, 0.1) is 13.0 Å². The lowest BCUT2D eigenvalue weighted by Gasteiger charge is -2.11. The van der Waals surface area contributed by atoms with Crippen molar-refractivity contribution in [1.82, 2.24) is 5.32 Å². The van der Waals surface area contributed by atoms with E-state index in [2.05, 4.69) is 11.4 Å². The van der Waals surface area contributed by atoms with Crippen molar-refractivity contribution in [2.75, 3.05) is 19.7 Å². The third kappa shape index (κ3) is 4.75. The molecule has 0 aliphatic rings. The Balaban J connectivity index is 2.53. The molecule has 4 heteroatoms. The molecule has 0 atom stereocenters. The zero-order valence-electron chi connectivity index (χ0n) is 11.2. The van der Waals surface area contributed by atoms with E-state index >= 15 is 0 Å². The third-order valence-corrected chi connectivity index (χ3v) is 2.59. The summed E-state index contributed by atoms with van der Waals surface area (Å²) >= 11 is 0. The fourth-order valence-corrected chi connectivity index (χ4v) is 1.74. The number of benzene rings is 1. The number of amides is 1. The molecule has 1 aromatic rings. The summed E-state index contributed by atoms with van der Waals surface area (Å²) in [6, 6.07) is 6.02. The predicted molar refractivity (Wildman–Crippen MR) is 72.7 cm³/mol. The highest BCUT2D eigenvalue weighted by molar-refractivity contribution is 5.75. The summed E-state index contributed by atoms with van der Waals surface area (Å²) in [5.74, 6) is 0.848. The molecule has 0 aromatic heterocycles. The van der Waals surface area contributed by atoms with Crippen LogP contribution in [0.3, 0.4) is 0 Å². The van der Waals surface area contributed by atoms with E-state index in [9.17, 15) is 4.79 Å². The van der Waals surface area contributed by atoms with Gasteiger partial charge >= 0.3 is 0 Å². The lowest BCUT2D eigenvalue weighted by Crippen LogP contribution is -2.24. The lowest BCUT2D eigenvalue weighted by molar-refractivity contribution is -0.121. The highest BCUT2D eigenvalue weighted by Gasteiger charge is 2.05. The van der Waals surface area contributed by atoms with Crippen LogP contribution in [0.4, 0.5) is 0 Å². The fourth-order valence-electron chi connectivity index (χ4n) is 1.74. The molecule has 0 radical (unpaired) electrons. The van der Waals surface area contributed by atoms with Gasteiger partial charge in [0.15, 0.2) is 0 Å². The Kier molecular flexibility index (Phi) is 6.22. The standard InChI is InChI=1S/C14H22N2O2/c1-3-16-14(17)7-9-18-13-5-4-11(2)10-12(13)6-8-15/h4-5,10H,3,6-9,15H2,1-2H3,(H,16,17). The van der Waals surface area contributed by atoms with Gasteiger partial charge in [0, 0.05) is 6.54 Å². The van der Waals surface area contributed by atoms with Crippen LogP contribution >= 0.6 is 0 Å². The van der Waals surface area contributed by atoms with Crippen LogP contribution in [0.15, 0.2) is 18.2 Å². The van der Waals surface area contributed by atoms with Crippen molar-refractivity contribution in [3.05, 3.63) is 29.3 Å². The van der Waals surface area contributed by atoms with Crippen LogP contribution in [0, 0.1) is 6.92 Å². The van der Waals surface area contributed by atoms with Crippen molar-refractivity contribution in [2.45, 2.75) is 26.7 Å². The van der Waals surface area contributed by atoms with Crippen molar-refractivity contribution in [3.8, 4) is 5.75 Å². The van der Waals surface area contributed by atoms with E-state index in [0.29, 0.717) is 26.1 Å². The number of carbonyl (C=O) groups excluding carboxylic acids is 1. The average Bonchev–Trinajstić information content (AvgIpc) is 2.33. The van der Waals surface area contributed by atoms with Gasteiger partial charge in [-0.3, -0.25) is 4.79 Å². The minimum atomic E-state index is 0.0185. The van der Waals surface area contributed by atoms with E-state index in [0.717, 1.165) is 17.7 Å². The van der Waals surface area contributed by atoms with Gasteiger partial charge in [-0.15, -0.1) is 0 Å². The van der Waals surface area contributed by atoms with Crippen LogP contribution in [-0.4, -0.2) is 25.6 Å². The second-order valence-corrected chi connectivity index (χ2v) is 4.20. The van der Waals surface area contributed by atoms with Gasteiger partial charge in [0.2, 0.25) is 5.91 Å². The van der Waals surface area contributed by atoms with Gasteiger partial charge in [-0.1, -0.05) is 17.7 Å². The summed E-state index contributed by atoms with van der Waals surface area (Å²) in [5, 5.41) is 2.74. The molecule has 0 saturated heterocycles. The van der Waals surface area contributed by atoms with E-state index in [-0.39, 0.29) is 5.91 Å². The van der Waals surface area contributed by atoms with Gasteiger partial charge in [-0.2, -0.15) is 0 Å². The molecule has 18 heavy (non-hydrogen) atoms. The van der Waals surface area contributed by atoms with Gasteiger partial charge in [-0.25, -0.2) is 0 Å². The molecule has 0 aliphatic heterocycles. The van der Waals surface area contributed by atoms with Crippen LogP contribution < -0.4 is 15.8 Å². The maximum atomic E-state index is 11.3. The summed E-state index contributed by atoms with van der Waals surface area (Å²) < 4.78 is 5.65. The number of rotatable bonds is 7. The number of nitrogens with two attached hydrogens (primary N) is 1. The molecular weight excluding hydrogens is 228 g/mol. The Morgan fingerprint density at radius 2 is 2.22 bits per heavy atom. The molecular formula is C14H22N2O2. The van der Waals surface area contributed by atoms with Crippen molar-refractivity contribution in [3.63, 3.8) is 0 Å². The predicted octanol–water partition coefficient (Wildman–Crippen LogP) is 1.40. The molecule has 0 unspecified atom stereocenters. The zero-order chi connectivity index (χ0) is 13.4. The SMILES string of the molecule is CCNC(=O)CCOc1ccc(C)cc1CCN. The van der Waals surface area contributed by atoms with Gasteiger partial charge in [-0.05, 0) is 38.4 Å². The number of hydrogen-bond donors (Lipinski definition) is 2. The second-order valence-electron chi connectivity index (χ2n) is 4.20. The minimum Gasteiger partial charge on any atom is -0.493 e. The van der Waals surface area contributed by atoms with Crippen LogP contribution in [0.5, 0.6) is 5.75 Å². The Morgan fingerprint density at radius 1 is 1.44 bits per heavy atom. The molecule has 100 valence electrons. The Bertz CT molecular complexity index is 391. The fraction of sp³-hybridized carbons (Fsp3) is 0.500. The highest BCUT2D eigenvalue weighted by atomic mass is 16.5. The summed E-state index contributed by atoms with van der Waals surface area (Å²) in [6.45, 7) is 5.58. The van der Waals surface area contributed by atoms with E-state index in [4.69, 9.17) is 10.5 Å². The lowest BCUT2D eigenvalue weighted by atomic mass is 10.1. The first-order chi connectivity index (χ1) is 8.67. The van der Waals surface area contributed by atoms with Crippen molar-refractivity contribution in [2.24, 2.45) is 5.73 Å². The first kappa shape index (κ1) is 14.5. The van der Waals surface area contributed by atoms with Gasteiger partial charge in [0.25, 0.3) is 0 Å². The Labute approximate surface area is 109 Å². The van der Waals surface area contributed by atoms with Crippen LogP contribution in [0.2, 0.25) is 0 Å². The molecule has 0 bridgehead atoms. The first-order valence-electron chi connectivity index (χ1n) is 6.36. The summed E-state index contributed by atoms with van der Waals surface area (Å²) in [6.07, 6.45) is 1.17. The first-order valence-corrected chi connectivity index (χ1v) is 6.36. The minimum absolute atomic E-state index is 0.0185. The molecule has 0 heterocycles. The molecule has 0 aliphatic carbocycles. The quantitative estimate of drug-likeness (QED) is 0.769. The monoisotopic (exact) mass is 250 g/mol. The van der Waals surface area contributed by atoms with E-state index in [1.165, 1.54) is 5.56 Å². The van der Waals surface area contributed by atoms with Crippen molar-refractivity contribution >= 4 is 5.91 Å². The van der Waals surface area contributed by atoms with Crippen LogP contribution in [0.25, 0.3) is 0 Å². The maximum Gasteiger partial charge on any atom is 0.223 e. The molecule has 3 N–H and O–H groups in total. The summed E-state index contributed by atoms with van der Waals surface area (Å²) in [7, 11) is 0. The summed E-state index contributed by atoms with van der Waals surface area (Å²) in [5.41, 5.74) is 7.87. The van der Waals surface area contributed by atoms with E-state index in [1.807, 2.05) is 26.0 Å². The van der Waals surface area contributed by atoms with Gasteiger partial charge in [0.1, 0.15) is 5.75 Å². The highest BCUT2D eigenvalue weighted by Crippen LogP contribution is 2.20. The van der Waals surface area contributed by atoms with Crippen LogP contribution in [-0.2, 0) is 11.2 Å². The van der Waals surface area contributed by atoms with Crippen molar-refractivity contribution < 1.29 is 9.53 Å². The molecule has 4 nitrogen and oxygen atoms in total. The second kappa shape index (κ2) is 7.71. The molecule has 1 aromatic carbocycles. The van der Waals surface area contributed by atoms with Crippen LogP contribution in [0.1, 0.15) is 24.5 Å². The van der Waals surface area contributed by atoms with E-state index in [1.54, 1.807) is 0 Å². The van der Waals surface area contributed by atoms with Gasteiger partial charge < -0.3 is 15.8 Å². The molecule has 1 amide bonds. The van der Waals surface area contributed by atoms with E-state index < -0.39 is 0 Å². The number of nitrogens with one attached hydrogen (secondary N) is 1. The van der Waals surface area contributed by atoms with Crippen molar-refractivity contribution in [1.29, 1.82) is 0 Å². The molecule has 0 fully saturated rings. The normalized spacial score (nSPS) is 10.2. The maximum absolute atomic E-state index is 11.3. The number of hydrogen-bond acceptors (Lipinski definition) is 3. The number of ether oxygens (including phenoxy) is 1. The molecule has 0 saturated carbocycles. The third-order valence-electron chi connectivity index (χ3n) is 2.59. The Hall–Kier alpha value is -1.55. The number of aryl methyl sites for hydroxylation is 1. The zero-order valence-corrected chi connectivity index (χ0v) is 11.2. The average molecular weight is 250 g/mol. The molecule has 1 rings (SSSR count). The summed E-state index contributed by atoms with van der Waals surface area (Å²) in [4.78, 5) is 11.3. The Morgan fingerprint density at radius 3 is 2.89 bits per heavy atom. The largest absolute Gasteiger partial charge is 0.493 e. The number of carbonyl (C=O) groups is 1.